The number of likely N-dealkylation sites (N-methyl/N-ethyl adjacent to an activating group) is 1. The first-order valence-electron chi connectivity index (χ1n) is 6.08. The predicted molar refractivity (Wildman–Crippen MR) is 81.0 cm³/mol. The van der Waals surface area contributed by atoms with Crippen molar-refractivity contribution in [2.45, 2.75) is 11.8 Å². The molecule has 6 nitrogen and oxygen atoms in total. The Kier molecular flexibility index (Phi) is 6.74. The summed E-state index contributed by atoms with van der Waals surface area (Å²) in [6, 6.07) is 3.00. The lowest BCUT2D eigenvalue weighted by Gasteiger charge is -2.13. The number of nitrogens with one attached hydrogen (secondary N) is 2. The second-order valence-corrected chi connectivity index (χ2v) is 6.48. The summed E-state index contributed by atoms with van der Waals surface area (Å²) in [5, 5.41) is 3.04. The number of rotatable bonds is 8. The molecule has 0 aliphatic rings. The third-order valence-electron chi connectivity index (χ3n) is 2.57. The molecule has 0 saturated heterocycles. The minimum Gasteiger partial charge on any atom is -0.495 e. The number of sulfonamides is 1. The molecule has 0 spiro atoms. The highest BCUT2D eigenvalue weighted by Crippen LogP contribution is 2.35. The molecular formula is C12H19BrN2O4S. The van der Waals surface area contributed by atoms with Crippen molar-refractivity contribution in [3.8, 4) is 11.5 Å². The molecule has 0 fully saturated rings. The Balaban J connectivity index is 3.01. The fourth-order valence-corrected chi connectivity index (χ4v) is 3.43. The molecule has 1 rings (SSSR count). The fourth-order valence-electron chi connectivity index (χ4n) is 1.57. The second-order valence-electron chi connectivity index (χ2n) is 3.89. The van der Waals surface area contributed by atoms with Gasteiger partial charge < -0.3 is 14.8 Å². The maximum atomic E-state index is 12.2. The second kappa shape index (κ2) is 7.82. The van der Waals surface area contributed by atoms with E-state index in [-0.39, 0.29) is 10.6 Å². The van der Waals surface area contributed by atoms with Crippen LogP contribution >= 0.6 is 15.9 Å². The number of hydrogen-bond donors (Lipinski definition) is 2. The maximum Gasteiger partial charge on any atom is 0.244 e. The first-order chi connectivity index (χ1) is 9.46. The van der Waals surface area contributed by atoms with E-state index in [1.165, 1.54) is 26.4 Å². The zero-order valence-corrected chi connectivity index (χ0v) is 14.1. The lowest BCUT2D eigenvalue weighted by Crippen LogP contribution is -2.32. The molecule has 20 heavy (non-hydrogen) atoms. The van der Waals surface area contributed by atoms with Crippen LogP contribution in [0.25, 0.3) is 0 Å². The molecule has 0 bridgehead atoms. The lowest BCUT2D eigenvalue weighted by molar-refractivity contribution is 0.384. The summed E-state index contributed by atoms with van der Waals surface area (Å²) >= 11 is 3.27. The van der Waals surface area contributed by atoms with Crippen molar-refractivity contribution >= 4 is 26.0 Å². The van der Waals surface area contributed by atoms with E-state index in [0.717, 1.165) is 6.54 Å². The van der Waals surface area contributed by atoms with Gasteiger partial charge in [-0.05, 0) is 28.5 Å². The normalized spacial score (nSPS) is 11.4. The molecule has 8 heteroatoms. The van der Waals surface area contributed by atoms with Gasteiger partial charge in [-0.1, -0.05) is 6.92 Å². The van der Waals surface area contributed by atoms with Crippen LogP contribution in [0.1, 0.15) is 6.92 Å². The van der Waals surface area contributed by atoms with Gasteiger partial charge in [0, 0.05) is 19.2 Å². The van der Waals surface area contributed by atoms with E-state index in [1.54, 1.807) is 0 Å². The van der Waals surface area contributed by atoms with Gasteiger partial charge >= 0.3 is 0 Å². The van der Waals surface area contributed by atoms with Crippen molar-refractivity contribution in [1.82, 2.24) is 10.0 Å². The maximum absolute atomic E-state index is 12.2. The van der Waals surface area contributed by atoms with E-state index >= 15 is 0 Å². The lowest BCUT2D eigenvalue weighted by atomic mass is 10.3. The summed E-state index contributed by atoms with van der Waals surface area (Å²) < 4.78 is 37.8. The van der Waals surface area contributed by atoms with Crippen LogP contribution in [-0.2, 0) is 10.0 Å². The monoisotopic (exact) mass is 366 g/mol. The van der Waals surface area contributed by atoms with Crippen LogP contribution < -0.4 is 19.5 Å². The Morgan fingerprint density at radius 1 is 1.15 bits per heavy atom. The fraction of sp³-hybridized carbons (Fsp3) is 0.500. The average molecular weight is 367 g/mol. The van der Waals surface area contributed by atoms with Gasteiger partial charge in [-0.15, -0.1) is 0 Å². The van der Waals surface area contributed by atoms with Crippen LogP contribution in [0, 0.1) is 0 Å². The zero-order chi connectivity index (χ0) is 15.2. The van der Waals surface area contributed by atoms with Crippen LogP contribution in [-0.4, -0.2) is 42.3 Å². The van der Waals surface area contributed by atoms with Crippen molar-refractivity contribution < 1.29 is 17.9 Å². The van der Waals surface area contributed by atoms with Gasteiger partial charge in [0.15, 0.2) is 0 Å². The highest BCUT2D eigenvalue weighted by molar-refractivity contribution is 9.10. The van der Waals surface area contributed by atoms with Crippen LogP contribution in [0.15, 0.2) is 21.5 Å². The van der Waals surface area contributed by atoms with Crippen molar-refractivity contribution in [1.29, 1.82) is 0 Å². The van der Waals surface area contributed by atoms with Crippen molar-refractivity contribution in [2.24, 2.45) is 0 Å². The largest absolute Gasteiger partial charge is 0.495 e. The van der Waals surface area contributed by atoms with Gasteiger partial charge in [-0.3, -0.25) is 0 Å². The standard InChI is InChI=1S/C12H19BrN2O4S/c1-4-14-5-6-15-20(16,17)12-7-9(13)10(18-2)8-11(12)19-3/h7-8,14-15H,4-6H2,1-3H3. The first kappa shape index (κ1) is 17.2. The molecule has 0 aromatic heterocycles. The van der Waals surface area contributed by atoms with Gasteiger partial charge in [0.2, 0.25) is 10.0 Å². The quantitative estimate of drug-likeness (QED) is 0.679. The predicted octanol–water partition coefficient (Wildman–Crippen LogP) is 1.35. The number of methoxy groups -OCH3 is 2. The first-order valence-corrected chi connectivity index (χ1v) is 8.35. The van der Waals surface area contributed by atoms with E-state index in [2.05, 4.69) is 26.0 Å². The van der Waals surface area contributed by atoms with Crippen LogP contribution in [0.3, 0.4) is 0 Å². The highest BCUT2D eigenvalue weighted by Gasteiger charge is 2.21. The number of benzene rings is 1. The summed E-state index contributed by atoms with van der Waals surface area (Å²) in [5.41, 5.74) is 0. The van der Waals surface area contributed by atoms with E-state index in [9.17, 15) is 8.42 Å². The Morgan fingerprint density at radius 3 is 2.35 bits per heavy atom. The number of hydrogen-bond acceptors (Lipinski definition) is 5. The van der Waals surface area contributed by atoms with E-state index in [0.29, 0.717) is 23.3 Å². The van der Waals surface area contributed by atoms with Gasteiger partial charge in [-0.2, -0.15) is 0 Å². The molecular weight excluding hydrogens is 348 g/mol. The van der Waals surface area contributed by atoms with E-state index in [4.69, 9.17) is 9.47 Å². The molecule has 1 aromatic carbocycles. The molecule has 0 saturated carbocycles. The minimum absolute atomic E-state index is 0.0733. The summed E-state index contributed by atoms with van der Waals surface area (Å²) in [7, 11) is -0.712. The molecule has 1 aromatic rings. The third-order valence-corrected chi connectivity index (χ3v) is 4.67. The zero-order valence-electron chi connectivity index (χ0n) is 11.7. The molecule has 2 N–H and O–H groups in total. The molecule has 114 valence electrons. The summed E-state index contributed by atoms with van der Waals surface area (Å²) in [6.07, 6.45) is 0. The molecule has 0 aliphatic heterocycles. The van der Waals surface area contributed by atoms with Crippen LogP contribution in [0.5, 0.6) is 11.5 Å². The Labute approximate surface area is 128 Å². The summed E-state index contributed by atoms with van der Waals surface area (Å²) in [5.74, 6) is 0.745. The summed E-state index contributed by atoms with van der Waals surface area (Å²) in [4.78, 5) is 0.0733. The van der Waals surface area contributed by atoms with E-state index < -0.39 is 10.0 Å². The van der Waals surface area contributed by atoms with Gasteiger partial charge in [-0.25, -0.2) is 13.1 Å². The van der Waals surface area contributed by atoms with E-state index in [1.807, 2.05) is 6.92 Å². The topological polar surface area (TPSA) is 76.7 Å². The third kappa shape index (κ3) is 4.34. The molecule has 0 atom stereocenters. The van der Waals surface area contributed by atoms with Crippen molar-refractivity contribution in [2.75, 3.05) is 33.9 Å². The number of halogens is 1. The minimum atomic E-state index is -3.63. The van der Waals surface area contributed by atoms with Gasteiger partial charge in [0.05, 0.1) is 18.7 Å². The Hall–Kier alpha value is -0.830. The molecule has 0 heterocycles. The average Bonchev–Trinajstić information content (AvgIpc) is 2.43. The van der Waals surface area contributed by atoms with Gasteiger partial charge in [0.25, 0.3) is 0 Å². The molecule has 0 unspecified atom stereocenters. The SMILES string of the molecule is CCNCCNS(=O)(=O)c1cc(Br)c(OC)cc1OC. The Bertz CT molecular complexity index is 549. The summed E-state index contributed by atoms with van der Waals surface area (Å²) in [6.45, 7) is 3.62. The molecule has 0 aliphatic carbocycles. The molecule has 0 radical (unpaired) electrons. The highest BCUT2D eigenvalue weighted by atomic mass is 79.9. The van der Waals surface area contributed by atoms with Crippen LogP contribution in [0.4, 0.5) is 0 Å². The smallest absolute Gasteiger partial charge is 0.244 e. The Morgan fingerprint density at radius 2 is 1.80 bits per heavy atom. The molecule has 0 amide bonds. The van der Waals surface area contributed by atoms with Gasteiger partial charge in [0.1, 0.15) is 16.4 Å². The van der Waals surface area contributed by atoms with Crippen molar-refractivity contribution in [3.63, 3.8) is 0 Å². The van der Waals surface area contributed by atoms with Crippen molar-refractivity contribution in [3.05, 3.63) is 16.6 Å². The van der Waals surface area contributed by atoms with Crippen LogP contribution in [0.2, 0.25) is 0 Å². The number of ether oxygens (including phenoxy) is 2.